The van der Waals surface area contributed by atoms with Crippen LogP contribution in [0.3, 0.4) is 0 Å². The van der Waals surface area contributed by atoms with Crippen LogP contribution in [0, 0.1) is 0 Å². The van der Waals surface area contributed by atoms with Gasteiger partial charge in [-0.05, 0) is 35.9 Å². The lowest BCUT2D eigenvalue weighted by Crippen LogP contribution is -2.18. The third kappa shape index (κ3) is 3.96. The first kappa shape index (κ1) is 17.6. The van der Waals surface area contributed by atoms with Gasteiger partial charge in [-0.2, -0.15) is 4.37 Å². The summed E-state index contributed by atoms with van der Waals surface area (Å²) in [5.74, 6) is 1.50. The Bertz CT molecular complexity index is 608. The molecule has 0 aliphatic heterocycles. The summed E-state index contributed by atoms with van der Waals surface area (Å²) in [5, 5.41) is 3.48. The molecule has 0 saturated heterocycles. The van der Waals surface area contributed by atoms with Gasteiger partial charge < -0.3 is 0 Å². The maximum atomic E-state index is 4.83. The SMILES string of the molecule is CC(C)c1cc(C(C)(C)CC(C)c2nc(C(C)C)cs2)sn1. The van der Waals surface area contributed by atoms with Crippen LogP contribution in [0.25, 0.3) is 0 Å². The van der Waals surface area contributed by atoms with Gasteiger partial charge in [0.1, 0.15) is 0 Å². The molecule has 1 atom stereocenters. The first-order chi connectivity index (χ1) is 10.2. The van der Waals surface area contributed by atoms with Gasteiger partial charge in [-0.15, -0.1) is 11.3 Å². The second kappa shape index (κ2) is 6.79. The second-order valence-corrected chi connectivity index (χ2v) is 9.22. The molecule has 0 radical (unpaired) electrons. The van der Waals surface area contributed by atoms with Gasteiger partial charge >= 0.3 is 0 Å². The Morgan fingerprint density at radius 3 is 2.18 bits per heavy atom. The molecule has 2 nitrogen and oxygen atoms in total. The molecule has 0 amide bonds. The van der Waals surface area contributed by atoms with Crippen LogP contribution in [0.1, 0.15) is 93.9 Å². The van der Waals surface area contributed by atoms with Crippen LogP contribution in [0.2, 0.25) is 0 Å². The van der Waals surface area contributed by atoms with Gasteiger partial charge in [0.25, 0.3) is 0 Å². The number of aromatic nitrogens is 2. The summed E-state index contributed by atoms with van der Waals surface area (Å²) in [4.78, 5) is 6.22. The molecular weight excluding hydrogens is 308 g/mol. The number of hydrogen-bond acceptors (Lipinski definition) is 4. The molecule has 122 valence electrons. The van der Waals surface area contributed by atoms with Crippen molar-refractivity contribution in [3.63, 3.8) is 0 Å². The monoisotopic (exact) mass is 336 g/mol. The van der Waals surface area contributed by atoms with Crippen LogP contribution in [-0.2, 0) is 5.41 Å². The lowest BCUT2D eigenvalue weighted by Gasteiger charge is -2.25. The fourth-order valence-electron chi connectivity index (χ4n) is 2.63. The third-order valence-electron chi connectivity index (χ3n) is 4.16. The van der Waals surface area contributed by atoms with Crippen LogP contribution in [-0.4, -0.2) is 9.36 Å². The van der Waals surface area contributed by atoms with Gasteiger partial charge in [0, 0.05) is 21.6 Å². The van der Waals surface area contributed by atoms with E-state index in [1.165, 1.54) is 21.3 Å². The zero-order valence-corrected chi connectivity index (χ0v) is 16.4. The van der Waals surface area contributed by atoms with Crippen LogP contribution < -0.4 is 0 Å². The van der Waals surface area contributed by atoms with Gasteiger partial charge in [-0.3, -0.25) is 0 Å². The second-order valence-electron chi connectivity index (χ2n) is 7.53. The highest BCUT2D eigenvalue weighted by Crippen LogP contribution is 2.38. The largest absolute Gasteiger partial charge is 0.246 e. The third-order valence-corrected chi connectivity index (χ3v) is 6.42. The zero-order valence-electron chi connectivity index (χ0n) is 14.8. The maximum absolute atomic E-state index is 4.83. The minimum absolute atomic E-state index is 0.147. The number of thiazole rings is 1. The van der Waals surface area contributed by atoms with Gasteiger partial charge in [0.15, 0.2) is 0 Å². The molecule has 0 bridgehead atoms. The fraction of sp³-hybridized carbons (Fsp3) is 0.667. The molecule has 0 spiro atoms. The standard InChI is InChI=1S/C18H28N2S2/c1-11(2)14-8-16(22-20-14)18(6,7)9-13(5)17-19-15(10-21-17)12(3)4/h8,10-13H,9H2,1-7H3. The Hall–Kier alpha value is -0.740. The van der Waals surface area contributed by atoms with E-state index in [0.29, 0.717) is 17.8 Å². The summed E-state index contributed by atoms with van der Waals surface area (Å²) in [6, 6.07) is 2.30. The molecule has 1 unspecified atom stereocenters. The predicted octanol–water partition coefficient (Wildman–Crippen LogP) is 6.32. The van der Waals surface area contributed by atoms with E-state index in [9.17, 15) is 0 Å². The van der Waals surface area contributed by atoms with E-state index >= 15 is 0 Å². The highest BCUT2D eigenvalue weighted by Gasteiger charge is 2.28. The van der Waals surface area contributed by atoms with Crippen molar-refractivity contribution in [1.82, 2.24) is 9.36 Å². The van der Waals surface area contributed by atoms with Crippen molar-refractivity contribution in [1.29, 1.82) is 0 Å². The molecule has 2 aromatic heterocycles. The highest BCUT2D eigenvalue weighted by atomic mass is 32.1. The van der Waals surface area contributed by atoms with Crippen LogP contribution in [0.15, 0.2) is 11.4 Å². The summed E-state index contributed by atoms with van der Waals surface area (Å²) < 4.78 is 4.62. The first-order valence-corrected chi connectivity index (χ1v) is 9.78. The smallest absolute Gasteiger partial charge is 0.0956 e. The van der Waals surface area contributed by atoms with Crippen molar-refractivity contribution in [2.45, 2.75) is 78.1 Å². The molecule has 2 rings (SSSR count). The number of rotatable bonds is 6. The topological polar surface area (TPSA) is 25.8 Å². The number of hydrogen-bond donors (Lipinski definition) is 0. The van der Waals surface area contributed by atoms with E-state index in [2.05, 4.69) is 64.3 Å². The van der Waals surface area contributed by atoms with Crippen molar-refractivity contribution >= 4 is 22.9 Å². The summed E-state index contributed by atoms with van der Waals surface area (Å²) >= 11 is 3.47. The minimum atomic E-state index is 0.147. The zero-order chi connectivity index (χ0) is 16.5. The van der Waals surface area contributed by atoms with Gasteiger partial charge in [0.05, 0.1) is 16.4 Å². The van der Waals surface area contributed by atoms with E-state index in [-0.39, 0.29) is 5.41 Å². The van der Waals surface area contributed by atoms with Crippen molar-refractivity contribution in [3.05, 3.63) is 32.7 Å². The molecule has 0 aromatic carbocycles. The first-order valence-electron chi connectivity index (χ1n) is 8.13. The molecule has 0 N–H and O–H groups in total. The molecule has 0 saturated carbocycles. The molecule has 0 aliphatic rings. The Morgan fingerprint density at radius 1 is 1.05 bits per heavy atom. The molecule has 4 heteroatoms. The molecule has 2 heterocycles. The van der Waals surface area contributed by atoms with E-state index in [1.807, 2.05) is 11.3 Å². The van der Waals surface area contributed by atoms with Crippen LogP contribution in [0.5, 0.6) is 0 Å². The Kier molecular flexibility index (Phi) is 5.44. The van der Waals surface area contributed by atoms with Gasteiger partial charge in [-0.25, -0.2) is 4.98 Å². The number of nitrogens with zero attached hydrogens (tertiary/aromatic N) is 2. The summed E-state index contributed by atoms with van der Waals surface area (Å²) in [6.45, 7) is 15.8. The van der Waals surface area contributed by atoms with E-state index in [0.717, 1.165) is 6.42 Å². The van der Waals surface area contributed by atoms with E-state index < -0.39 is 0 Å². The normalized spacial score (nSPS) is 14.0. The summed E-state index contributed by atoms with van der Waals surface area (Å²) in [7, 11) is 0. The van der Waals surface area contributed by atoms with Crippen LogP contribution in [0.4, 0.5) is 0 Å². The van der Waals surface area contributed by atoms with Gasteiger partial charge in [0.2, 0.25) is 0 Å². The predicted molar refractivity (Wildman–Crippen MR) is 98.5 cm³/mol. The van der Waals surface area contributed by atoms with Crippen molar-refractivity contribution < 1.29 is 0 Å². The maximum Gasteiger partial charge on any atom is 0.0956 e. The van der Waals surface area contributed by atoms with Gasteiger partial charge in [-0.1, -0.05) is 48.5 Å². The molecule has 0 fully saturated rings. The molecular formula is C18H28N2S2. The van der Waals surface area contributed by atoms with E-state index in [1.54, 1.807) is 11.5 Å². The average Bonchev–Trinajstić information content (AvgIpc) is 3.08. The molecule has 0 aliphatic carbocycles. The van der Waals surface area contributed by atoms with Crippen LogP contribution >= 0.6 is 22.9 Å². The molecule has 22 heavy (non-hydrogen) atoms. The highest BCUT2D eigenvalue weighted by molar-refractivity contribution is 7.09. The minimum Gasteiger partial charge on any atom is -0.246 e. The summed E-state index contributed by atoms with van der Waals surface area (Å²) in [6.07, 6.45) is 1.11. The molecule has 2 aromatic rings. The Balaban J connectivity index is 2.12. The van der Waals surface area contributed by atoms with Crippen molar-refractivity contribution in [3.8, 4) is 0 Å². The Labute approximate surface area is 143 Å². The average molecular weight is 337 g/mol. The van der Waals surface area contributed by atoms with E-state index in [4.69, 9.17) is 4.98 Å². The van der Waals surface area contributed by atoms with Crippen molar-refractivity contribution in [2.24, 2.45) is 0 Å². The lowest BCUT2D eigenvalue weighted by molar-refractivity contribution is 0.444. The van der Waals surface area contributed by atoms with Crippen molar-refractivity contribution in [2.75, 3.05) is 0 Å². The lowest BCUT2D eigenvalue weighted by atomic mass is 9.82. The fourth-order valence-corrected chi connectivity index (χ4v) is 4.64. The Morgan fingerprint density at radius 2 is 1.68 bits per heavy atom. The quantitative estimate of drug-likeness (QED) is 0.617. The summed E-state index contributed by atoms with van der Waals surface area (Å²) in [5.41, 5.74) is 2.59.